The molecule has 2 aromatic carbocycles. The number of thiocarbonyl (C=S) groups is 1. The zero-order valence-corrected chi connectivity index (χ0v) is 17.2. The molecule has 2 aromatic rings. The summed E-state index contributed by atoms with van der Waals surface area (Å²) >= 11 is 11.8. The van der Waals surface area contributed by atoms with Crippen molar-refractivity contribution >= 4 is 40.6 Å². The van der Waals surface area contributed by atoms with Crippen LogP contribution in [0.15, 0.2) is 65.9 Å². The second-order valence-electron chi connectivity index (χ2n) is 6.24. The van der Waals surface area contributed by atoms with Gasteiger partial charge < -0.3 is 14.8 Å². The Labute approximate surface area is 174 Å². The quantitative estimate of drug-likeness (QED) is 0.432. The summed E-state index contributed by atoms with van der Waals surface area (Å²) in [6.07, 6.45) is 0. The molecule has 1 heterocycles. The van der Waals surface area contributed by atoms with E-state index in [4.69, 9.17) is 33.3 Å². The number of hydrogen-bond acceptors (Lipinski definition) is 4. The number of anilines is 1. The van der Waals surface area contributed by atoms with Gasteiger partial charge in [0.05, 0.1) is 18.2 Å². The smallest absolute Gasteiger partial charge is 0.338 e. The maximum atomic E-state index is 13.0. The maximum absolute atomic E-state index is 13.0. The van der Waals surface area contributed by atoms with E-state index in [1.54, 1.807) is 13.2 Å². The lowest BCUT2D eigenvalue weighted by molar-refractivity contribution is -0.140. The second kappa shape index (κ2) is 9.19. The predicted octanol–water partition coefficient (Wildman–Crippen LogP) is 4.24. The van der Waals surface area contributed by atoms with E-state index in [1.807, 2.05) is 60.4 Å². The third kappa shape index (κ3) is 4.35. The molecule has 0 spiro atoms. The summed E-state index contributed by atoms with van der Waals surface area (Å²) in [5.41, 5.74) is 2.89. The molecule has 0 fully saturated rings. The van der Waals surface area contributed by atoms with Crippen molar-refractivity contribution in [1.29, 1.82) is 0 Å². The van der Waals surface area contributed by atoms with Crippen LogP contribution in [0.3, 0.4) is 0 Å². The molecule has 0 saturated carbocycles. The van der Waals surface area contributed by atoms with Gasteiger partial charge in [-0.1, -0.05) is 41.9 Å². The predicted molar refractivity (Wildman–Crippen MR) is 114 cm³/mol. The van der Waals surface area contributed by atoms with Crippen molar-refractivity contribution in [2.45, 2.75) is 13.0 Å². The molecule has 7 heteroatoms. The Morgan fingerprint density at radius 3 is 2.61 bits per heavy atom. The summed E-state index contributed by atoms with van der Waals surface area (Å²) in [7, 11) is 1.56. The summed E-state index contributed by atoms with van der Waals surface area (Å²) in [5.74, 6) is -0.421. The van der Waals surface area contributed by atoms with Crippen LogP contribution in [-0.4, -0.2) is 31.4 Å². The monoisotopic (exact) mass is 416 g/mol. The number of para-hydroxylation sites is 1. The van der Waals surface area contributed by atoms with E-state index in [1.165, 1.54) is 0 Å². The molecule has 0 saturated heterocycles. The van der Waals surface area contributed by atoms with Crippen molar-refractivity contribution in [3.63, 3.8) is 0 Å². The zero-order chi connectivity index (χ0) is 20.1. The molecule has 3 rings (SSSR count). The molecule has 0 radical (unpaired) electrons. The Bertz CT molecular complexity index is 902. The van der Waals surface area contributed by atoms with Gasteiger partial charge in [-0.05, 0) is 49.0 Å². The maximum Gasteiger partial charge on any atom is 0.338 e. The van der Waals surface area contributed by atoms with Gasteiger partial charge in [0.15, 0.2) is 5.11 Å². The van der Waals surface area contributed by atoms with Crippen LogP contribution < -0.4 is 10.2 Å². The van der Waals surface area contributed by atoms with Crippen molar-refractivity contribution in [2.24, 2.45) is 0 Å². The van der Waals surface area contributed by atoms with Crippen molar-refractivity contribution in [2.75, 3.05) is 25.2 Å². The number of nitrogens with one attached hydrogen (secondary N) is 1. The first-order chi connectivity index (χ1) is 13.5. The minimum absolute atomic E-state index is 0.171. The standard InChI is InChI=1S/C21H21ClN2O3S/c1-14-18(20(25)27-12-11-26-2)19(15-7-6-8-16(22)13-15)23-21(28)24(14)17-9-4-3-5-10-17/h3-10,13,19H,11-12H2,1-2H3,(H,23,28)/t19-/m1/s1. The number of hydrogen-bond donors (Lipinski definition) is 1. The van der Waals surface area contributed by atoms with Crippen LogP contribution in [0.4, 0.5) is 5.69 Å². The molecule has 146 valence electrons. The van der Waals surface area contributed by atoms with Gasteiger partial charge in [0.1, 0.15) is 6.61 Å². The van der Waals surface area contributed by atoms with Crippen LogP contribution >= 0.6 is 23.8 Å². The summed E-state index contributed by atoms with van der Waals surface area (Å²) in [6, 6.07) is 16.5. The number of allylic oxidation sites excluding steroid dienone is 1. The molecule has 0 amide bonds. The highest BCUT2D eigenvalue weighted by Crippen LogP contribution is 2.34. The lowest BCUT2D eigenvalue weighted by Crippen LogP contribution is -2.48. The first-order valence-electron chi connectivity index (χ1n) is 8.81. The zero-order valence-electron chi connectivity index (χ0n) is 15.6. The van der Waals surface area contributed by atoms with Gasteiger partial charge in [0.2, 0.25) is 0 Å². The van der Waals surface area contributed by atoms with Crippen LogP contribution in [0.1, 0.15) is 18.5 Å². The minimum Gasteiger partial charge on any atom is -0.460 e. The number of carbonyl (C=O) groups is 1. The molecule has 0 bridgehead atoms. The first kappa shape index (κ1) is 20.3. The fourth-order valence-electron chi connectivity index (χ4n) is 3.13. The lowest BCUT2D eigenvalue weighted by Gasteiger charge is -2.37. The molecule has 1 N–H and O–H groups in total. The van der Waals surface area contributed by atoms with Crippen LogP contribution in [0, 0.1) is 0 Å². The molecule has 1 atom stereocenters. The van der Waals surface area contributed by atoms with Crippen molar-refractivity contribution in [1.82, 2.24) is 5.32 Å². The van der Waals surface area contributed by atoms with E-state index in [0.717, 1.165) is 11.3 Å². The van der Waals surface area contributed by atoms with Gasteiger partial charge in [0, 0.05) is 23.5 Å². The van der Waals surface area contributed by atoms with Gasteiger partial charge in [-0.25, -0.2) is 4.79 Å². The van der Waals surface area contributed by atoms with Crippen molar-refractivity contribution in [3.8, 4) is 0 Å². The van der Waals surface area contributed by atoms with Gasteiger partial charge in [-0.15, -0.1) is 0 Å². The number of ether oxygens (including phenoxy) is 2. The van der Waals surface area contributed by atoms with Crippen molar-refractivity contribution < 1.29 is 14.3 Å². The number of carbonyl (C=O) groups excluding carboxylic acids is 1. The minimum atomic E-state index is -0.457. The Morgan fingerprint density at radius 2 is 1.93 bits per heavy atom. The molecule has 1 aliphatic heterocycles. The Kier molecular flexibility index (Phi) is 6.67. The first-order valence-corrected chi connectivity index (χ1v) is 9.59. The van der Waals surface area contributed by atoms with E-state index < -0.39 is 12.0 Å². The molecular weight excluding hydrogens is 396 g/mol. The molecule has 28 heavy (non-hydrogen) atoms. The topological polar surface area (TPSA) is 50.8 Å². The molecule has 0 aromatic heterocycles. The van der Waals surface area contributed by atoms with E-state index in [-0.39, 0.29) is 6.61 Å². The van der Waals surface area contributed by atoms with Gasteiger partial charge in [-0.3, -0.25) is 4.90 Å². The fraction of sp³-hybridized carbons (Fsp3) is 0.238. The van der Waals surface area contributed by atoms with Crippen LogP contribution in [0.25, 0.3) is 0 Å². The van der Waals surface area contributed by atoms with Gasteiger partial charge in [0.25, 0.3) is 0 Å². The SMILES string of the molecule is COCCOC(=O)C1=C(C)N(c2ccccc2)C(=S)N[C@@H]1c1cccc(Cl)c1. The fourth-order valence-corrected chi connectivity index (χ4v) is 3.69. The van der Waals surface area contributed by atoms with Crippen LogP contribution in [0.2, 0.25) is 5.02 Å². The Balaban J connectivity index is 2.06. The van der Waals surface area contributed by atoms with E-state index in [0.29, 0.717) is 28.0 Å². The number of rotatable bonds is 6. The highest BCUT2D eigenvalue weighted by molar-refractivity contribution is 7.80. The number of halogens is 1. The third-order valence-electron chi connectivity index (χ3n) is 4.42. The highest BCUT2D eigenvalue weighted by atomic mass is 35.5. The van der Waals surface area contributed by atoms with Gasteiger partial charge >= 0.3 is 5.97 Å². The average molecular weight is 417 g/mol. The number of methoxy groups -OCH3 is 1. The highest BCUT2D eigenvalue weighted by Gasteiger charge is 2.35. The summed E-state index contributed by atoms with van der Waals surface area (Å²) < 4.78 is 10.4. The summed E-state index contributed by atoms with van der Waals surface area (Å²) in [5, 5.41) is 4.35. The average Bonchev–Trinajstić information content (AvgIpc) is 2.68. The van der Waals surface area contributed by atoms with Crippen LogP contribution in [-0.2, 0) is 14.3 Å². The molecule has 0 aliphatic carbocycles. The number of esters is 1. The summed E-state index contributed by atoms with van der Waals surface area (Å²) in [4.78, 5) is 14.8. The normalized spacial score (nSPS) is 16.8. The molecule has 0 unspecified atom stereocenters. The van der Waals surface area contributed by atoms with Crippen molar-refractivity contribution in [3.05, 3.63) is 76.5 Å². The Hall–Kier alpha value is -2.41. The molecule has 5 nitrogen and oxygen atoms in total. The van der Waals surface area contributed by atoms with E-state index in [2.05, 4.69) is 5.32 Å². The van der Waals surface area contributed by atoms with E-state index in [9.17, 15) is 4.79 Å². The second-order valence-corrected chi connectivity index (χ2v) is 7.06. The Morgan fingerprint density at radius 1 is 1.18 bits per heavy atom. The number of benzene rings is 2. The third-order valence-corrected chi connectivity index (χ3v) is 4.96. The lowest BCUT2D eigenvalue weighted by atomic mass is 9.95. The summed E-state index contributed by atoms with van der Waals surface area (Å²) in [6.45, 7) is 2.36. The van der Waals surface area contributed by atoms with E-state index >= 15 is 0 Å². The van der Waals surface area contributed by atoms with Gasteiger partial charge in [-0.2, -0.15) is 0 Å². The molecule has 1 aliphatic rings. The number of nitrogens with zero attached hydrogens (tertiary/aromatic N) is 1. The largest absolute Gasteiger partial charge is 0.460 e. The molecular formula is C21H21ClN2O3S. The van der Waals surface area contributed by atoms with Crippen LogP contribution in [0.5, 0.6) is 0 Å².